The largest absolute Gasteiger partial charge is 0.478 e. The summed E-state index contributed by atoms with van der Waals surface area (Å²) in [5.74, 6) is -2.64. The average molecular weight is 260 g/mol. The Balaban J connectivity index is 3.31. The van der Waals surface area contributed by atoms with E-state index in [9.17, 15) is 9.59 Å². The van der Waals surface area contributed by atoms with Crippen LogP contribution in [-0.4, -0.2) is 27.1 Å². The molecule has 0 unspecified atom stereocenters. The molecule has 5 nitrogen and oxygen atoms in total. The number of carboxylic acids is 2. The number of hydrogen-bond donors (Lipinski definition) is 2. The summed E-state index contributed by atoms with van der Waals surface area (Å²) >= 11 is 3.12. The van der Waals surface area contributed by atoms with Crippen LogP contribution in [0.5, 0.6) is 0 Å². The third-order valence-electron chi connectivity index (χ3n) is 1.53. The molecule has 0 radical (unpaired) electrons. The number of nitrogens with zero attached hydrogens (tertiary/aromatic N) is 1. The van der Waals surface area contributed by atoms with Gasteiger partial charge < -0.3 is 10.2 Å². The maximum atomic E-state index is 10.7. The highest BCUT2D eigenvalue weighted by molar-refractivity contribution is 9.08. The van der Waals surface area contributed by atoms with Crippen LogP contribution in [0.3, 0.4) is 0 Å². The Hall–Kier alpha value is -1.43. The highest BCUT2D eigenvalue weighted by Gasteiger charge is 2.17. The van der Waals surface area contributed by atoms with Gasteiger partial charge in [-0.2, -0.15) is 0 Å². The van der Waals surface area contributed by atoms with Crippen molar-refractivity contribution in [3.63, 3.8) is 0 Å². The number of pyridine rings is 1. The van der Waals surface area contributed by atoms with E-state index in [1.807, 2.05) is 0 Å². The Morgan fingerprint density at radius 1 is 1.36 bits per heavy atom. The van der Waals surface area contributed by atoms with Crippen LogP contribution in [-0.2, 0) is 5.33 Å². The fourth-order valence-corrected chi connectivity index (χ4v) is 1.22. The fourth-order valence-electron chi connectivity index (χ4n) is 0.915. The number of carbonyl (C=O) groups is 2. The molecule has 0 aliphatic carbocycles. The lowest BCUT2D eigenvalue weighted by atomic mass is 10.1. The second kappa shape index (κ2) is 4.19. The number of aromatic carboxylic acids is 2. The Kier molecular flexibility index (Phi) is 3.19. The van der Waals surface area contributed by atoms with E-state index in [1.54, 1.807) is 0 Å². The fraction of sp³-hybridized carbons (Fsp3) is 0.125. The highest BCUT2D eigenvalue weighted by atomic mass is 79.9. The van der Waals surface area contributed by atoms with Crippen LogP contribution in [0.4, 0.5) is 0 Å². The minimum Gasteiger partial charge on any atom is -0.478 e. The molecule has 0 fully saturated rings. The van der Waals surface area contributed by atoms with Crippen LogP contribution in [0.15, 0.2) is 12.3 Å². The lowest BCUT2D eigenvalue weighted by Crippen LogP contribution is -2.10. The van der Waals surface area contributed by atoms with Crippen molar-refractivity contribution in [1.82, 2.24) is 4.98 Å². The van der Waals surface area contributed by atoms with E-state index in [1.165, 1.54) is 12.3 Å². The van der Waals surface area contributed by atoms with Crippen molar-refractivity contribution >= 4 is 27.9 Å². The van der Waals surface area contributed by atoms with Crippen molar-refractivity contribution in [3.05, 3.63) is 29.1 Å². The lowest BCUT2D eigenvalue weighted by Gasteiger charge is -2.01. The van der Waals surface area contributed by atoms with Crippen LogP contribution in [0.25, 0.3) is 0 Å². The first kappa shape index (κ1) is 10.6. The molecule has 2 N–H and O–H groups in total. The molecule has 0 atom stereocenters. The van der Waals surface area contributed by atoms with Crippen molar-refractivity contribution in [2.75, 3.05) is 0 Å². The SMILES string of the molecule is O=C(O)c1cc(CBr)cnc1C(=O)O. The van der Waals surface area contributed by atoms with Gasteiger partial charge in [0.2, 0.25) is 0 Å². The van der Waals surface area contributed by atoms with Gasteiger partial charge in [0, 0.05) is 11.5 Å². The molecule has 0 aliphatic heterocycles. The summed E-state index contributed by atoms with van der Waals surface area (Å²) in [6.45, 7) is 0. The molecule has 0 spiro atoms. The molecule has 0 saturated heterocycles. The number of halogens is 1. The summed E-state index contributed by atoms with van der Waals surface area (Å²) in [4.78, 5) is 24.8. The van der Waals surface area contributed by atoms with Crippen LogP contribution in [0.2, 0.25) is 0 Å². The van der Waals surface area contributed by atoms with Gasteiger partial charge in [0.15, 0.2) is 5.69 Å². The molecule has 0 aromatic carbocycles. The molecule has 14 heavy (non-hydrogen) atoms. The molecule has 0 bridgehead atoms. The summed E-state index contributed by atoms with van der Waals surface area (Å²) in [7, 11) is 0. The number of hydrogen-bond acceptors (Lipinski definition) is 3. The number of aromatic nitrogens is 1. The van der Waals surface area contributed by atoms with Crippen LogP contribution in [0.1, 0.15) is 26.4 Å². The second-order valence-electron chi connectivity index (χ2n) is 2.48. The van der Waals surface area contributed by atoms with E-state index in [-0.39, 0.29) is 5.56 Å². The molecule has 0 amide bonds. The molecule has 6 heteroatoms. The molecule has 1 heterocycles. The molecule has 1 rings (SSSR count). The molecule has 0 saturated carbocycles. The van der Waals surface area contributed by atoms with Gasteiger partial charge in [-0.15, -0.1) is 0 Å². The highest BCUT2D eigenvalue weighted by Crippen LogP contribution is 2.11. The van der Waals surface area contributed by atoms with Gasteiger partial charge in [0.1, 0.15) is 0 Å². The normalized spacial score (nSPS) is 9.79. The summed E-state index contributed by atoms with van der Waals surface area (Å²) in [5, 5.41) is 17.8. The zero-order chi connectivity index (χ0) is 10.7. The van der Waals surface area contributed by atoms with E-state index < -0.39 is 17.6 Å². The van der Waals surface area contributed by atoms with Gasteiger partial charge in [-0.3, -0.25) is 0 Å². The van der Waals surface area contributed by atoms with Crippen LogP contribution >= 0.6 is 15.9 Å². The van der Waals surface area contributed by atoms with Crippen molar-refractivity contribution in [1.29, 1.82) is 0 Å². The zero-order valence-corrected chi connectivity index (χ0v) is 8.48. The molecular weight excluding hydrogens is 254 g/mol. The van der Waals surface area contributed by atoms with Gasteiger partial charge >= 0.3 is 11.9 Å². The van der Waals surface area contributed by atoms with Crippen molar-refractivity contribution < 1.29 is 19.8 Å². The summed E-state index contributed by atoms with van der Waals surface area (Å²) in [5.41, 5.74) is -0.121. The number of alkyl halides is 1. The first-order chi connectivity index (χ1) is 6.56. The average Bonchev–Trinajstić information content (AvgIpc) is 2.16. The number of carboxylic acid groups (broad SMARTS) is 2. The summed E-state index contributed by atoms with van der Waals surface area (Å²) in [6, 6.07) is 1.29. The van der Waals surface area contributed by atoms with E-state index in [4.69, 9.17) is 10.2 Å². The Morgan fingerprint density at radius 3 is 2.43 bits per heavy atom. The van der Waals surface area contributed by atoms with Gasteiger partial charge in [-0.1, -0.05) is 15.9 Å². The van der Waals surface area contributed by atoms with Gasteiger partial charge in [-0.25, -0.2) is 14.6 Å². The Bertz CT molecular complexity index is 391. The van der Waals surface area contributed by atoms with Crippen molar-refractivity contribution in [2.24, 2.45) is 0 Å². The minimum atomic E-state index is -1.34. The van der Waals surface area contributed by atoms with E-state index in [2.05, 4.69) is 20.9 Å². The molecule has 1 aromatic rings. The van der Waals surface area contributed by atoms with Crippen LogP contribution in [0, 0.1) is 0 Å². The second-order valence-corrected chi connectivity index (χ2v) is 3.04. The van der Waals surface area contributed by atoms with E-state index >= 15 is 0 Å². The quantitative estimate of drug-likeness (QED) is 0.801. The molecular formula is C8H6BrNO4. The zero-order valence-electron chi connectivity index (χ0n) is 6.90. The van der Waals surface area contributed by atoms with Gasteiger partial charge in [0.05, 0.1) is 5.56 Å². The van der Waals surface area contributed by atoms with Gasteiger partial charge in [-0.05, 0) is 11.6 Å². The topological polar surface area (TPSA) is 87.5 Å². The predicted octanol–water partition coefficient (Wildman–Crippen LogP) is 1.37. The molecule has 74 valence electrons. The first-order valence-electron chi connectivity index (χ1n) is 3.57. The molecule has 0 aliphatic rings. The van der Waals surface area contributed by atoms with E-state index in [0.717, 1.165) is 0 Å². The Morgan fingerprint density at radius 2 is 2.00 bits per heavy atom. The van der Waals surface area contributed by atoms with E-state index in [0.29, 0.717) is 10.9 Å². The lowest BCUT2D eigenvalue weighted by molar-refractivity contribution is 0.0646. The third-order valence-corrected chi connectivity index (χ3v) is 2.18. The first-order valence-corrected chi connectivity index (χ1v) is 4.70. The van der Waals surface area contributed by atoms with Crippen LogP contribution < -0.4 is 0 Å². The maximum absolute atomic E-state index is 10.7. The standard InChI is InChI=1S/C8H6BrNO4/c9-2-4-1-5(7(11)12)6(8(13)14)10-3-4/h1,3H,2H2,(H,11,12)(H,13,14). The van der Waals surface area contributed by atoms with Crippen molar-refractivity contribution in [3.8, 4) is 0 Å². The summed E-state index contributed by atoms with van der Waals surface area (Å²) < 4.78 is 0. The molecule has 1 aromatic heterocycles. The van der Waals surface area contributed by atoms with Crippen molar-refractivity contribution in [2.45, 2.75) is 5.33 Å². The number of rotatable bonds is 3. The minimum absolute atomic E-state index is 0.297. The van der Waals surface area contributed by atoms with Gasteiger partial charge in [0.25, 0.3) is 0 Å². The smallest absolute Gasteiger partial charge is 0.355 e. The third kappa shape index (κ3) is 2.08. The summed E-state index contributed by atoms with van der Waals surface area (Å²) in [6.07, 6.45) is 1.32. The predicted molar refractivity (Wildman–Crippen MR) is 50.8 cm³/mol. The monoisotopic (exact) mass is 259 g/mol. The Labute approximate surface area is 87.5 Å². The maximum Gasteiger partial charge on any atom is 0.355 e.